The Hall–Kier alpha value is -2.86. The molecule has 3 aromatic rings. The fourth-order valence-corrected chi connectivity index (χ4v) is 5.57. The molecular weight excluding hydrogens is 422 g/mol. The van der Waals surface area contributed by atoms with Crippen LogP contribution in [0.25, 0.3) is 11.0 Å². The number of amides is 1. The molecule has 0 N–H and O–H groups in total. The number of hydrogen-bond donors (Lipinski definition) is 0. The van der Waals surface area contributed by atoms with Gasteiger partial charge in [0, 0.05) is 45.0 Å². The molecule has 3 heterocycles. The largest absolute Gasteiger partial charge is 0.368 e. The van der Waals surface area contributed by atoms with Crippen molar-refractivity contribution in [2.45, 2.75) is 46.7 Å². The lowest BCUT2D eigenvalue weighted by molar-refractivity contribution is -0.137. The molecule has 1 amide bonds. The minimum atomic E-state index is 0.0985. The molecule has 6 heteroatoms. The van der Waals surface area contributed by atoms with E-state index in [1.54, 1.807) is 0 Å². The Labute approximate surface area is 203 Å². The first kappa shape index (κ1) is 22.9. The van der Waals surface area contributed by atoms with Crippen molar-refractivity contribution in [3.05, 3.63) is 59.4 Å². The fourth-order valence-electron chi connectivity index (χ4n) is 5.57. The summed E-state index contributed by atoms with van der Waals surface area (Å²) in [6.45, 7) is 13.5. The molecule has 2 aliphatic heterocycles. The zero-order valence-corrected chi connectivity index (χ0v) is 20.8. The summed E-state index contributed by atoms with van der Waals surface area (Å²) in [5.74, 6) is 1.55. The molecule has 6 nitrogen and oxygen atoms in total. The monoisotopic (exact) mass is 459 g/mol. The number of likely N-dealkylation sites (tertiary alicyclic amines) is 1. The lowest BCUT2D eigenvalue weighted by Crippen LogP contribution is -2.52. The Morgan fingerprint density at radius 1 is 1.00 bits per heavy atom. The quantitative estimate of drug-likeness (QED) is 0.573. The highest BCUT2D eigenvalue weighted by molar-refractivity contribution is 5.79. The van der Waals surface area contributed by atoms with Crippen LogP contribution in [0.3, 0.4) is 0 Å². The normalized spacial score (nSPS) is 19.7. The molecule has 34 heavy (non-hydrogen) atoms. The second-order valence-corrected chi connectivity index (χ2v) is 9.92. The Kier molecular flexibility index (Phi) is 6.59. The van der Waals surface area contributed by atoms with E-state index in [-0.39, 0.29) is 5.92 Å². The average molecular weight is 460 g/mol. The third kappa shape index (κ3) is 4.56. The van der Waals surface area contributed by atoms with E-state index in [2.05, 4.69) is 82.5 Å². The van der Waals surface area contributed by atoms with Gasteiger partial charge in [-0.3, -0.25) is 9.69 Å². The number of benzene rings is 2. The number of piperidine rings is 1. The predicted molar refractivity (Wildman–Crippen MR) is 138 cm³/mol. The number of piperazine rings is 1. The molecule has 2 fully saturated rings. The van der Waals surface area contributed by atoms with Crippen LogP contribution in [0.1, 0.15) is 36.7 Å². The van der Waals surface area contributed by atoms with Crippen LogP contribution in [0, 0.1) is 19.8 Å². The van der Waals surface area contributed by atoms with E-state index in [1.807, 2.05) is 0 Å². The van der Waals surface area contributed by atoms with E-state index in [9.17, 15) is 4.79 Å². The number of hydrogen-bond acceptors (Lipinski definition) is 4. The van der Waals surface area contributed by atoms with E-state index in [4.69, 9.17) is 4.98 Å². The molecule has 5 rings (SSSR count). The van der Waals surface area contributed by atoms with Gasteiger partial charge in [-0.05, 0) is 75.5 Å². The second-order valence-electron chi connectivity index (χ2n) is 9.92. The number of fused-ring (bicyclic) bond motifs is 1. The second kappa shape index (κ2) is 9.79. The van der Waals surface area contributed by atoms with Crippen LogP contribution in [0.15, 0.2) is 42.5 Å². The highest BCUT2D eigenvalue weighted by atomic mass is 16.2. The van der Waals surface area contributed by atoms with E-state index in [1.165, 1.54) is 22.3 Å². The SMILES string of the molecule is CCn1c(CN2CCC[C@@H](C(=O)N3CCN(c4ccc(C)c(C)c4)CC3)C2)nc2ccccc21. The van der Waals surface area contributed by atoms with Gasteiger partial charge in [-0.15, -0.1) is 0 Å². The molecule has 0 saturated carbocycles. The summed E-state index contributed by atoms with van der Waals surface area (Å²) in [5, 5.41) is 0. The Morgan fingerprint density at radius 3 is 2.56 bits per heavy atom. The minimum absolute atomic E-state index is 0.0985. The van der Waals surface area contributed by atoms with Gasteiger partial charge in [0.25, 0.3) is 0 Å². The van der Waals surface area contributed by atoms with E-state index >= 15 is 0 Å². The number of imidazole rings is 1. The van der Waals surface area contributed by atoms with Gasteiger partial charge in [0.15, 0.2) is 0 Å². The Balaban J connectivity index is 1.20. The molecule has 0 spiro atoms. The minimum Gasteiger partial charge on any atom is -0.368 e. The molecule has 0 aliphatic carbocycles. The first-order valence-corrected chi connectivity index (χ1v) is 12.8. The number of aryl methyl sites for hydroxylation is 3. The summed E-state index contributed by atoms with van der Waals surface area (Å²) in [4.78, 5) is 25.3. The summed E-state index contributed by atoms with van der Waals surface area (Å²) < 4.78 is 2.31. The number of nitrogens with zero attached hydrogens (tertiary/aromatic N) is 5. The lowest BCUT2D eigenvalue weighted by Gasteiger charge is -2.39. The van der Waals surface area contributed by atoms with Crippen molar-refractivity contribution >= 4 is 22.6 Å². The zero-order valence-electron chi connectivity index (χ0n) is 20.8. The van der Waals surface area contributed by atoms with E-state index in [0.29, 0.717) is 5.91 Å². The van der Waals surface area contributed by atoms with Gasteiger partial charge >= 0.3 is 0 Å². The summed E-state index contributed by atoms with van der Waals surface area (Å²) in [6.07, 6.45) is 2.07. The third-order valence-corrected chi connectivity index (χ3v) is 7.72. The van der Waals surface area contributed by atoms with Crippen molar-refractivity contribution < 1.29 is 4.79 Å². The zero-order chi connectivity index (χ0) is 23.7. The first-order valence-electron chi connectivity index (χ1n) is 12.8. The highest BCUT2D eigenvalue weighted by Crippen LogP contribution is 2.25. The smallest absolute Gasteiger partial charge is 0.227 e. The van der Waals surface area contributed by atoms with E-state index in [0.717, 1.165) is 76.5 Å². The van der Waals surface area contributed by atoms with Crippen LogP contribution in [0.4, 0.5) is 5.69 Å². The van der Waals surface area contributed by atoms with Crippen molar-refractivity contribution in [1.29, 1.82) is 0 Å². The number of para-hydroxylation sites is 2. The van der Waals surface area contributed by atoms with Gasteiger partial charge in [-0.25, -0.2) is 4.98 Å². The molecule has 180 valence electrons. The molecule has 2 saturated heterocycles. The number of carbonyl (C=O) groups is 1. The first-order chi connectivity index (χ1) is 16.5. The Morgan fingerprint density at radius 2 is 1.79 bits per heavy atom. The van der Waals surface area contributed by atoms with Crippen molar-refractivity contribution in [2.24, 2.45) is 5.92 Å². The maximum atomic E-state index is 13.4. The standard InChI is InChI=1S/C28H37N5O/c1-4-33-26-10-6-5-9-25(26)29-27(33)20-30-13-7-8-23(19-30)28(34)32-16-14-31(15-17-32)24-12-11-21(2)22(3)18-24/h5-6,9-12,18,23H,4,7-8,13-17,19-20H2,1-3H3/t23-/m1/s1. The van der Waals surface area contributed by atoms with Crippen LogP contribution in [0.2, 0.25) is 0 Å². The van der Waals surface area contributed by atoms with Crippen molar-refractivity contribution in [3.63, 3.8) is 0 Å². The third-order valence-electron chi connectivity index (χ3n) is 7.72. The molecule has 2 aliphatic rings. The molecule has 2 aromatic carbocycles. The van der Waals surface area contributed by atoms with Crippen LogP contribution < -0.4 is 4.90 Å². The van der Waals surface area contributed by atoms with Gasteiger partial charge in [-0.2, -0.15) is 0 Å². The number of anilines is 1. The van der Waals surface area contributed by atoms with Crippen LogP contribution >= 0.6 is 0 Å². The molecule has 1 aromatic heterocycles. The Bertz CT molecular complexity index is 1160. The maximum Gasteiger partial charge on any atom is 0.227 e. The summed E-state index contributed by atoms with van der Waals surface area (Å²) in [7, 11) is 0. The van der Waals surface area contributed by atoms with Gasteiger partial charge in [0.1, 0.15) is 5.82 Å². The topological polar surface area (TPSA) is 44.6 Å². The molecule has 0 unspecified atom stereocenters. The predicted octanol–water partition coefficient (Wildman–Crippen LogP) is 4.23. The van der Waals surface area contributed by atoms with Crippen LogP contribution in [-0.4, -0.2) is 64.5 Å². The molecule has 0 radical (unpaired) electrons. The van der Waals surface area contributed by atoms with Crippen molar-refractivity contribution in [2.75, 3.05) is 44.2 Å². The highest BCUT2D eigenvalue weighted by Gasteiger charge is 2.31. The molecule has 0 bridgehead atoms. The summed E-state index contributed by atoms with van der Waals surface area (Å²) in [6, 6.07) is 15.0. The number of carbonyl (C=O) groups excluding carboxylic acids is 1. The fraction of sp³-hybridized carbons (Fsp3) is 0.500. The van der Waals surface area contributed by atoms with E-state index < -0.39 is 0 Å². The van der Waals surface area contributed by atoms with Gasteiger partial charge in [0.05, 0.1) is 23.5 Å². The van der Waals surface area contributed by atoms with Crippen molar-refractivity contribution in [3.8, 4) is 0 Å². The maximum absolute atomic E-state index is 13.4. The summed E-state index contributed by atoms with van der Waals surface area (Å²) in [5.41, 5.74) is 6.19. The van der Waals surface area contributed by atoms with Gasteiger partial charge < -0.3 is 14.4 Å². The average Bonchev–Trinajstić information content (AvgIpc) is 3.22. The summed E-state index contributed by atoms with van der Waals surface area (Å²) >= 11 is 0. The van der Waals surface area contributed by atoms with Crippen LogP contribution in [-0.2, 0) is 17.9 Å². The van der Waals surface area contributed by atoms with Gasteiger partial charge in [0.2, 0.25) is 5.91 Å². The molecule has 1 atom stereocenters. The van der Waals surface area contributed by atoms with Gasteiger partial charge in [-0.1, -0.05) is 18.2 Å². The van der Waals surface area contributed by atoms with Crippen LogP contribution in [0.5, 0.6) is 0 Å². The number of aromatic nitrogens is 2. The number of rotatable bonds is 5. The lowest BCUT2D eigenvalue weighted by atomic mass is 9.96. The van der Waals surface area contributed by atoms with Crippen molar-refractivity contribution in [1.82, 2.24) is 19.4 Å². The molecular formula is C28H37N5O.